The number of nitrogens with one attached hydrogen (secondary N) is 1. The molecule has 0 spiro atoms. The van der Waals surface area contributed by atoms with E-state index in [0.717, 1.165) is 44.2 Å². The fraction of sp³-hybridized carbons (Fsp3) is 0.600. The van der Waals surface area contributed by atoms with Gasteiger partial charge in [-0.1, -0.05) is 19.3 Å². The van der Waals surface area contributed by atoms with Crippen molar-refractivity contribution in [2.75, 3.05) is 6.61 Å². The topological polar surface area (TPSA) is 47.3 Å². The SMILES string of the molecule is CCOC1(C(NN)c2cc(F)ccc2F)CCCCC1. The fourth-order valence-electron chi connectivity index (χ4n) is 3.21. The van der Waals surface area contributed by atoms with Crippen LogP contribution in [-0.2, 0) is 4.74 Å². The van der Waals surface area contributed by atoms with Crippen LogP contribution in [0.1, 0.15) is 50.6 Å². The molecule has 1 aromatic carbocycles. The van der Waals surface area contributed by atoms with Crippen LogP contribution in [0.3, 0.4) is 0 Å². The van der Waals surface area contributed by atoms with Gasteiger partial charge in [-0.15, -0.1) is 0 Å². The van der Waals surface area contributed by atoms with Crippen LogP contribution in [0, 0.1) is 11.6 Å². The molecule has 0 aromatic heterocycles. The molecule has 0 amide bonds. The van der Waals surface area contributed by atoms with E-state index < -0.39 is 23.3 Å². The molecule has 1 atom stereocenters. The monoisotopic (exact) mass is 284 g/mol. The lowest BCUT2D eigenvalue weighted by Crippen LogP contribution is -2.50. The quantitative estimate of drug-likeness (QED) is 0.645. The van der Waals surface area contributed by atoms with E-state index in [-0.39, 0.29) is 5.56 Å². The zero-order valence-electron chi connectivity index (χ0n) is 11.8. The lowest BCUT2D eigenvalue weighted by Gasteiger charge is -2.43. The van der Waals surface area contributed by atoms with Crippen LogP contribution in [0.25, 0.3) is 0 Å². The van der Waals surface area contributed by atoms with Gasteiger partial charge < -0.3 is 4.74 Å². The first-order chi connectivity index (χ1) is 9.63. The third-order valence-electron chi connectivity index (χ3n) is 4.09. The number of hydrogen-bond donors (Lipinski definition) is 2. The molecule has 0 saturated heterocycles. The highest BCUT2D eigenvalue weighted by Gasteiger charge is 2.42. The van der Waals surface area contributed by atoms with Crippen LogP contribution in [0.4, 0.5) is 8.78 Å². The van der Waals surface area contributed by atoms with E-state index in [9.17, 15) is 8.78 Å². The molecule has 0 bridgehead atoms. The molecule has 1 aromatic rings. The lowest BCUT2D eigenvalue weighted by molar-refractivity contribution is -0.0920. The number of rotatable bonds is 5. The van der Waals surface area contributed by atoms with Crippen molar-refractivity contribution in [2.24, 2.45) is 5.84 Å². The number of hydrazine groups is 1. The Kier molecular flexibility index (Phi) is 5.07. The molecule has 3 N–H and O–H groups in total. The van der Waals surface area contributed by atoms with Gasteiger partial charge in [0.25, 0.3) is 0 Å². The second-order valence-electron chi connectivity index (χ2n) is 5.32. The highest BCUT2D eigenvalue weighted by molar-refractivity contribution is 5.25. The Morgan fingerprint density at radius 3 is 2.60 bits per heavy atom. The van der Waals surface area contributed by atoms with Gasteiger partial charge in [0.2, 0.25) is 0 Å². The summed E-state index contributed by atoms with van der Waals surface area (Å²) in [7, 11) is 0. The summed E-state index contributed by atoms with van der Waals surface area (Å²) in [5, 5.41) is 0. The summed E-state index contributed by atoms with van der Waals surface area (Å²) in [6.07, 6.45) is 4.75. The fourth-order valence-corrected chi connectivity index (χ4v) is 3.21. The Hall–Kier alpha value is -1.04. The van der Waals surface area contributed by atoms with Crippen LogP contribution < -0.4 is 11.3 Å². The number of ether oxygens (including phenoxy) is 1. The molecule has 1 aliphatic carbocycles. The highest BCUT2D eigenvalue weighted by Crippen LogP contribution is 2.42. The van der Waals surface area contributed by atoms with E-state index in [1.165, 1.54) is 6.07 Å². The predicted octanol–water partition coefficient (Wildman–Crippen LogP) is 3.21. The van der Waals surface area contributed by atoms with Crippen molar-refractivity contribution >= 4 is 0 Å². The molecule has 112 valence electrons. The maximum absolute atomic E-state index is 14.1. The van der Waals surface area contributed by atoms with Gasteiger partial charge in [0.15, 0.2) is 0 Å². The van der Waals surface area contributed by atoms with Gasteiger partial charge in [-0.25, -0.2) is 14.2 Å². The summed E-state index contributed by atoms with van der Waals surface area (Å²) >= 11 is 0. The molecular formula is C15H22F2N2O. The summed E-state index contributed by atoms with van der Waals surface area (Å²) in [5.74, 6) is 4.72. The Labute approximate surface area is 118 Å². The second kappa shape index (κ2) is 6.61. The Balaban J connectivity index is 2.39. The van der Waals surface area contributed by atoms with E-state index in [4.69, 9.17) is 10.6 Å². The zero-order valence-corrected chi connectivity index (χ0v) is 11.8. The van der Waals surface area contributed by atoms with E-state index in [1.807, 2.05) is 6.92 Å². The number of halogens is 2. The van der Waals surface area contributed by atoms with Gasteiger partial charge in [0.1, 0.15) is 11.6 Å². The van der Waals surface area contributed by atoms with Crippen molar-refractivity contribution in [3.63, 3.8) is 0 Å². The summed E-state index contributed by atoms with van der Waals surface area (Å²) in [5.41, 5.74) is 2.33. The molecule has 0 heterocycles. The summed E-state index contributed by atoms with van der Waals surface area (Å²) in [6.45, 7) is 2.43. The van der Waals surface area contributed by atoms with Crippen LogP contribution in [-0.4, -0.2) is 12.2 Å². The minimum atomic E-state index is -0.559. The normalized spacial score (nSPS) is 19.8. The van der Waals surface area contributed by atoms with Crippen molar-refractivity contribution in [1.82, 2.24) is 5.43 Å². The first-order valence-electron chi connectivity index (χ1n) is 7.18. The smallest absolute Gasteiger partial charge is 0.128 e. The minimum Gasteiger partial charge on any atom is -0.373 e. The van der Waals surface area contributed by atoms with Gasteiger partial charge in [-0.05, 0) is 38.0 Å². The molecule has 1 saturated carbocycles. The van der Waals surface area contributed by atoms with Crippen LogP contribution in [0.2, 0.25) is 0 Å². The molecule has 1 fully saturated rings. The Morgan fingerprint density at radius 2 is 2.00 bits per heavy atom. The standard InChI is InChI=1S/C15H22F2N2O/c1-2-20-15(8-4-3-5-9-15)14(19-18)12-10-11(16)6-7-13(12)17/h6-7,10,14,19H,2-5,8-9,18H2,1H3. The molecule has 1 unspecified atom stereocenters. The first-order valence-corrected chi connectivity index (χ1v) is 7.18. The number of benzene rings is 1. The van der Waals surface area contributed by atoms with Crippen LogP contribution in [0.5, 0.6) is 0 Å². The predicted molar refractivity (Wildman–Crippen MR) is 73.9 cm³/mol. The van der Waals surface area contributed by atoms with Crippen molar-refractivity contribution in [3.8, 4) is 0 Å². The molecule has 3 nitrogen and oxygen atoms in total. The molecule has 0 aliphatic heterocycles. The second-order valence-corrected chi connectivity index (χ2v) is 5.32. The largest absolute Gasteiger partial charge is 0.373 e. The average Bonchev–Trinajstić information content (AvgIpc) is 2.45. The van der Waals surface area contributed by atoms with E-state index in [0.29, 0.717) is 6.61 Å². The van der Waals surface area contributed by atoms with E-state index in [2.05, 4.69) is 5.43 Å². The van der Waals surface area contributed by atoms with Gasteiger partial charge in [-0.2, -0.15) is 0 Å². The summed E-state index contributed by atoms with van der Waals surface area (Å²) in [4.78, 5) is 0. The third-order valence-corrected chi connectivity index (χ3v) is 4.09. The van der Waals surface area contributed by atoms with Crippen molar-refractivity contribution in [3.05, 3.63) is 35.4 Å². The average molecular weight is 284 g/mol. The summed E-state index contributed by atoms with van der Waals surface area (Å²) < 4.78 is 33.4. The third kappa shape index (κ3) is 3.00. The van der Waals surface area contributed by atoms with Gasteiger partial charge in [-0.3, -0.25) is 5.84 Å². The number of hydrogen-bond acceptors (Lipinski definition) is 3. The van der Waals surface area contributed by atoms with Crippen LogP contribution in [0.15, 0.2) is 18.2 Å². The van der Waals surface area contributed by atoms with Crippen molar-refractivity contribution < 1.29 is 13.5 Å². The molecule has 0 radical (unpaired) electrons. The molecule has 5 heteroatoms. The molecule has 20 heavy (non-hydrogen) atoms. The Morgan fingerprint density at radius 1 is 1.30 bits per heavy atom. The maximum Gasteiger partial charge on any atom is 0.128 e. The molecule has 1 aliphatic rings. The number of nitrogens with two attached hydrogens (primary N) is 1. The van der Waals surface area contributed by atoms with E-state index >= 15 is 0 Å². The highest BCUT2D eigenvalue weighted by atomic mass is 19.1. The molecule has 2 rings (SSSR count). The Bertz CT molecular complexity index is 442. The van der Waals surface area contributed by atoms with Crippen molar-refractivity contribution in [2.45, 2.75) is 50.7 Å². The van der Waals surface area contributed by atoms with E-state index in [1.54, 1.807) is 0 Å². The summed E-state index contributed by atoms with van der Waals surface area (Å²) in [6, 6.07) is 2.91. The first kappa shape index (κ1) is 15.4. The lowest BCUT2D eigenvalue weighted by atomic mass is 9.76. The van der Waals surface area contributed by atoms with Gasteiger partial charge in [0.05, 0.1) is 11.6 Å². The van der Waals surface area contributed by atoms with Gasteiger partial charge in [0, 0.05) is 12.2 Å². The molecular weight excluding hydrogens is 262 g/mol. The minimum absolute atomic E-state index is 0.239. The maximum atomic E-state index is 14.1. The van der Waals surface area contributed by atoms with Gasteiger partial charge >= 0.3 is 0 Å². The van der Waals surface area contributed by atoms with Crippen molar-refractivity contribution in [1.29, 1.82) is 0 Å². The zero-order chi connectivity index (χ0) is 14.6. The van der Waals surface area contributed by atoms with Crippen LogP contribution >= 0.6 is 0 Å².